The van der Waals surface area contributed by atoms with E-state index in [1.54, 1.807) is 5.01 Å². The highest BCUT2D eigenvalue weighted by molar-refractivity contribution is 5.55. The van der Waals surface area contributed by atoms with Crippen LogP contribution in [0.3, 0.4) is 0 Å². The first-order chi connectivity index (χ1) is 5.65. The summed E-state index contributed by atoms with van der Waals surface area (Å²) in [5.74, 6) is 0.490. The predicted octanol–water partition coefficient (Wildman–Crippen LogP) is 1.82. The van der Waals surface area contributed by atoms with Crippen molar-refractivity contribution in [2.75, 3.05) is 6.54 Å². The van der Waals surface area contributed by atoms with Gasteiger partial charge in [-0.15, -0.1) is 0 Å². The minimum absolute atomic E-state index is 0.185. The fourth-order valence-electron chi connectivity index (χ4n) is 1.33. The van der Waals surface area contributed by atoms with Gasteiger partial charge in [0.1, 0.15) is 12.5 Å². The van der Waals surface area contributed by atoms with Gasteiger partial charge in [0.15, 0.2) is 0 Å². The van der Waals surface area contributed by atoms with Crippen LogP contribution in [-0.4, -0.2) is 29.2 Å². The Morgan fingerprint density at radius 3 is 2.75 bits per heavy atom. The lowest BCUT2D eigenvalue weighted by Gasteiger charge is -2.25. The van der Waals surface area contributed by atoms with Crippen molar-refractivity contribution in [3.05, 3.63) is 0 Å². The summed E-state index contributed by atoms with van der Waals surface area (Å²) in [4.78, 5) is 0. The van der Waals surface area contributed by atoms with Crippen molar-refractivity contribution in [3.8, 4) is 0 Å². The smallest absolute Gasteiger partial charge is 0.149 e. The van der Waals surface area contributed by atoms with Gasteiger partial charge in [-0.1, -0.05) is 18.3 Å². The van der Waals surface area contributed by atoms with Crippen molar-refractivity contribution in [1.82, 2.24) is 10.1 Å². The molecule has 4 heteroatoms. The highest BCUT2D eigenvalue weighted by Gasteiger charge is 2.27. The van der Waals surface area contributed by atoms with Crippen LogP contribution in [0.2, 0.25) is 0 Å². The van der Waals surface area contributed by atoms with E-state index in [-0.39, 0.29) is 6.17 Å². The Morgan fingerprint density at radius 2 is 2.25 bits per heavy atom. The molecule has 0 aromatic rings. The van der Waals surface area contributed by atoms with Gasteiger partial charge in [0.2, 0.25) is 0 Å². The van der Waals surface area contributed by atoms with Gasteiger partial charge in [-0.2, -0.15) is 10.2 Å². The van der Waals surface area contributed by atoms with Gasteiger partial charge < -0.3 is 0 Å². The highest BCUT2D eigenvalue weighted by atomic mass is 19.2. The predicted molar refractivity (Wildman–Crippen MR) is 47.1 cm³/mol. The Hall–Kier alpha value is -0.800. The second-order valence-electron chi connectivity index (χ2n) is 3.44. The molecule has 0 bridgehead atoms. The minimum atomic E-state index is -0.185. The second kappa shape index (κ2) is 3.74. The van der Waals surface area contributed by atoms with Crippen LogP contribution in [-0.2, 0) is 0 Å². The molecule has 0 fully saturated rings. The van der Waals surface area contributed by atoms with Gasteiger partial charge in [0, 0.05) is 6.54 Å². The van der Waals surface area contributed by atoms with E-state index in [1.807, 2.05) is 6.92 Å². The maximum absolute atomic E-state index is 13.0. The summed E-state index contributed by atoms with van der Waals surface area (Å²) in [6.07, 6.45) is 1.87. The summed E-state index contributed by atoms with van der Waals surface area (Å²) in [6.45, 7) is 6.90. The summed E-state index contributed by atoms with van der Waals surface area (Å²) in [5.41, 5.74) is 0. The molecule has 12 heavy (non-hydrogen) atoms. The maximum Gasteiger partial charge on any atom is 0.149 e. The topological polar surface area (TPSA) is 18.8 Å². The molecule has 0 radical (unpaired) electrons. The Balaban J connectivity index is 2.50. The van der Waals surface area contributed by atoms with Crippen molar-refractivity contribution in [2.45, 2.75) is 33.4 Å². The summed E-state index contributed by atoms with van der Waals surface area (Å²) >= 11 is 0. The average molecular weight is 173 g/mol. The molecule has 0 saturated carbocycles. The van der Waals surface area contributed by atoms with Crippen molar-refractivity contribution in [3.63, 3.8) is 0 Å². The van der Waals surface area contributed by atoms with Gasteiger partial charge in [0.05, 0.1) is 0 Å². The van der Waals surface area contributed by atoms with Crippen molar-refractivity contribution in [2.24, 2.45) is 11.0 Å². The van der Waals surface area contributed by atoms with E-state index in [2.05, 4.69) is 18.9 Å². The molecule has 0 saturated heterocycles. The van der Waals surface area contributed by atoms with Crippen LogP contribution in [0.25, 0.3) is 0 Å². The van der Waals surface area contributed by atoms with Crippen LogP contribution in [0.5, 0.6) is 0 Å². The summed E-state index contributed by atoms with van der Waals surface area (Å²) in [7, 11) is 0. The van der Waals surface area contributed by atoms with E-state index in [0.29, 0.717) is 11.0 Å². The zero-order chi connectivity index (χ0) is 9.14. The molecule has 1 atom stereocenters. The van der Waals surface area contributed by atoms with E-state index in [0.717, 1.165) is 13.0 Å². The summed E-state index contributed by atoms with van der Waals surface area (Å²) < 4.78 is 13.0. The molecular formula is C8H16FN3. The highest BCUT2D eigenvalue weighted by Crippen LogP contribution is 2.19. The third-order valence-corrected chi connectivity index (χ3v) is 1.95. The van der Waals surface area contributed by atoms with Crippen LogP contribution >= 0.6 is 0 Å². The molecule has 1 aliphatic rings. The molecule has 0 amide bonds. The molecule has 1 rings (SSSR count). The molecule has 0 aromatic heterocycles. The molecule has 1 heterocycles. The van der Waals surface area contributed by atoms with Gasteiger partial charge >= 0.3 is 0 Å². The third kappa shape index (κ3) is 1.87. The van der Waals surface area contributed by atoms with Gasteiger partial charge in [-0.3, -0.25) is 5.01 Å². The standard InChI is InChI=1S/C8H16FN3/c1-4-12-8(5-7(2)3)11(9)6-10-12/h6-8H,4-5H2,1-3H3. The van der Waals surface area contributed by atoms with Crippen LogP contribution < -0.4 is 0 Å². The third-order valence-electron chi connectivity index (χ3n) is 1.95. The summed E-state index contributed by atoms with van der Waals surface area (Å²) in [5, 5.41) is 6.38. The normalized spacial score (nSPS) is 22.9. The summed E-state index contributed by atoms with van der Waals surface area (Å²) in [6, 6.07) is 0. The van der Waals surface area contributed by atoms with E-state index < -0.39 is 0 Å². The number of nitrogens with zero attached hydrogens (tertiary/aromatic N) is 3. The lowest BCUT2D eigenvalue weighted by atomic mass is 10.1. The van der Waals surface area contributed by atoms with Crippen LogP contribution in [0.15, 0.2) is 5.10 Å². The molecule has 0 aliphatic carbocycles. The first-order valence-corrected chi connectivity index (χ1v) is 4.40. The Morgan fingerprint density at radius 1 is 1.58 bits per heavy atom. The van der Waals surface area contributed by atoms with Gasteiger partial charge in [0.25, 0.3) is 0 Å². The van der Waals surface area contributed by atoms with E-state index in [1.165, 1.54) is 6.34 Å². The largest absolute Gasteiger partial charge is 0.271 e. The SMILES string of the molecule is CCN1N=CN(F)C1CC(C)C. The molecule has 70 valence electrons. The van der Waals surface area contributed by atoms with Crippen molar-refractivity contribution < 1.29 is 4.48 Å². The number of hydrazone groups is 1. The van der Waals surface area contributed by atoms with E-state index in [9.17, 15) is 4.48 Å². The van der Waals surface area contributed by atoms with Crippen molar-refractivity contribution >= 4 is 6.34 Å². The van der Waals surface area contributed by atoms with E-state index >= 15 is 0 Å². The fourth-order valence-corrected chi connectivity index (χ4v) is 1.33. The molecule has 3 nitrogen and oxygen atoms in total. The zero-order valence-electron chi connectivity index (χ0n) is 7.87. The van der Waals surface area contributed by atoms with Crippen LogP contribution in [0, 0.1) is 5.92 Å². The Labute approximate surface area is 72.8 Å². The van der Waals surface area contributed by atoms with Gasteiger partial charge in [-0.05, 0) is 19.3 Å². The van der Waals surface area contributed by atoms with Crippen LogP contribution in [0.1, 0.15) is 27.2 Å². The molecular weight excluding hydrogens is 157 g/mol. The van der Waals surface area contributed by atoms with Gasteiger partial charge in [-0.25, -0.2) is 0 Å². The molecule has 0 N–H and O–H groups in total. The molecule has 0 spiro atoms. The maximum atomic E-state index is 13.0. The zero-order valence-corrected chi connectivity index (χ0v) is 7.87. The lowest BCUT2D eigenvalue weighted by molar-refractivity contribution is -0.00422. The number of rotatable bonds is 3. The Bertz CT molecular complexity index is 170. The lowest BCUT2D eigenvalue weighted by Crippen LogP contribution is -2.36. The number of hydrogen-bond donors (Lipinski definition) is 0. The first kappa shape index (κ1) is 9.29. The van der Waals surface area contributed by atoms with E-state index in [4.69, 9.17) is 0 Å². The molecule has 0 aromatic carbocycles. The number of hydrogen-bond acceptors (Lipinski definition) is 3. The molecule has 1 unspecified atom stereocenters. The first-order valence-electron chi connectivity index (χ1n) is 4.40. The Kier molecular flexibility index (Phi) is 2.89. The van der Waals surface area contributed by atoms with Crippen molar-refractivity contribution in [1.29, 1.82) is 0 Å². The number of halogens is 1. The second-order valence-corrected chi connectivity index (χ2v) is 3.44. The quantitative estimate of drug-likeness (QED) is 0.606. The monoisotopic (exact) mass is 173 g/mol. The average Bonchev–Trinajstić information content (AvgIpc) is 2.32. The van der Waals surface area contributed by atoms with Crippen LogP contribution in [0.4, 0.5) is 4.48 Å². The molecule has 1 aliphatic heterocycles. The minimum Gasteiger partial charge on any atom is -0.271 e. The fraction of sp³-hybridized carbons (Fsp3) is 0.875.